The number of nitrogens with one attached hydrogen (secondary N) is 1. The van der Waals surface area contributed by atoms with Crippen molar-refractivity contribution in [1.29, 1.82) is 0 Å². The summed E-state index contributed by atoms with van der Waals surface area (Å²) in [5, 5.41) is 12.6. The molecule has 0 aliphatic carbocycles. The third-order valence-corrected chi connectivity index (χ3v) is 2.81. The molecule has 1 rings (SSSR count). The van der Waals surface area contributed by atoms with E-state index >= 15 is 0 Å². The maximum atomic E-state index is 9.23. The first kappa shape index (κ1) is 12.7. The summed E-state index contributed by atoms with van der Waals surface area (Å²) in [6.45, 7) is 4.56. The molecule has 0 bridgehead atoms. The van der Waals surface area contributed by atoms with Crippen LogP contribution in [-0.4, -0.2) is 17.8 Å². The van der Waals surface area contributed by atoms with E-state index in [1.165, 1.54) is 5.56 Å². The minimum Gasteiger partial charge on any atom is -0.392 e. The quantitative estimate of drug-likeness (QED) is 0.863. The lowest BCUT2D eigenvalue weighted by atomic mass is 10.0. The van der Waals surface area contributed by atoms with E-state index in [1.54, 1.807) is 6.92 Å². The number of rotatable bonds is 5. The second kappa shape index (κ2) is 6.26. The summed E-state index contributed by atoms with van der Waals surface area (Å²) >= 11 is 3.46. The molecular weight excluding hydrogens is 254 g/mol. The molecule has 15 heavy (non-hydrogen) atoms. The maximum Gasteiger partial charge on any atom is 0.0636 e. The van der Waals surface area contributed by atoms with Gasteiger partial charge in [-0.2, -0.15) is 0 Å². The molecule has 2 N–H and O–H groups in total. The molecule has 0 amide bonds. The Labute approximate surface area is 99.8 Å². The summed E-state index contributed by atoms with van der Waals surface area (Å²) in [5.74, 6) is 0. The fourth-order valence-corrected chi connectivity index (χ4v) is 1.95. The maximum absolute atomic E-state index is 9.23. The Morgan fingerprint density at radius 2 is 2.20 bits per heavy atom. The van der Waals surface area contributed by atoms with Crippen LogP contribution in [0.25, 0.3) is 0 Å². The van der Waals surface area contributed by atoms with Gasteiger partial charge in [0.2, 0.25) is 0 Å². The van der Waals surface area contributed by atoms with Crippen LogP contribution in [-0.2, 0) is 0 Å². The number of hydrogen-bond donors (Lipinski definition) is 2. The van der Waals surface area contributed by atoms with Gasteiger partial charge < -0.3 is 10.4 Å². The number of halogens is 1. The molecule has 2 nitrogen and oxygen atoms in total. The molecule has 0 aromatic heterocycles. The zero-order valence-corrected chi connectivity index (χ0v) is 10.8. The van der Waals surface area contributed by atoms with Crippen LogP contribution in [0.1, 0.15) is 31.9 Å². The van der Waals surface area contributed by atoms with Crippen molar-refractivity contribution in [3.05, 3.63) is 34.3 Å². The highest BCUT2D eigenvalue weighted by atomic mass is 79.9. The van der Waals surface area contributed by atoms with Crippen molar-refractivity contribution in [1.82, 2.24) is 5.32 Å². The van der Waals surface area contributed by atoms with Crippen LogP contribution < -0.4 is 5.32 Å². The van der Waals surface area contributed by atoms with E-state index in [-0.39, 0.29) is 6.10 Å². The number of aliphatic hydroxyl groups is 1. The fraction of sp³-hybridized carbons (Fsp3) is 0.500. The van der Waals surface area contributed by atoms with Crippen LogP contribution in [0.2, 0.25) is 0 Å². The van der Waals surface area contributed by atoms with Gasteiger partial charge in [-0.15, -0.1) is 0 Å². The summed E-state index contributed by atoms with van der Waals surface area (Å²) in [6.07, 6.45) is 0.717. The normalized spacial score (nSPS) is 14.9. The third kappa shape index (κ3) is 4.33. The first-order valence-electron chi connectivity index (χ1n) is 5.30. The van der Waals surface area contributed by atoms with Gasteiger partial charge in [0.1, 0.15) is 0 Å². The van der Waals surface area contributed by atoms with E-state index in [1.807, 2.05) is 12.1 Å². The standard InChI is InChI=1S/C12H18BrNO/c1-3-12(14-8-9(2)15)10-5-4-6-11(13)7-10/h4-7,9,12,14-15H,3,8H2,1-2H3/t9-,12?/m1/s1. The van der Waals surface area contributed by atoms with Crippen molar-refractivity contribution >= 4 is 15.9 Å². The van der Waals surface area contributed by atoms with Gasteiger partial charge in [-0.25, -0.2) is 0 Å². The first-order chi connectivity index (χ1) is 7.13. The second-order valence-electron chi connectivity index (χ2n) is 3.77. The van der Waals surface area contributed by atoms with Crippen molar-refractivity contribution in [2.24, 2.45) is 0 Å². The first-order valence-corrected chi connectivity index (χ1v) is 6.09. The van der Waals surface area contributed by atoms with Crippen molar-refractivity contribution < 1.29 is 5.11 Å². The molecule has 1 aromatic carbocycles. The molecule has 0 spiro atoms. The lowest BCUT2D eigenvalue weighted by Gasteiger charge is -2.18. The van der Waals surface area contributed by atoms with E-state index in [0.717, 1.165) is 10.9 Å². The predicted octanol–water partition coefficient (Wildman–Crippen LogP) is 2.87. The highest BCUT2D eigenvalue weighted by molar-refractivity contribution is 9.10. The van der Waals surface area contributed by atoms with Crippen molar-refractivity contribution in [2.75, 3.05) is 6.54 Å². The average Bonchev–Trinajstić information content (AvgIpc) is 2.18. The second-order valence-corrected chi connectivity index (χ2v) is 4.69. The Morgan fingerprint density at radius 3 is 2.73 bits per heavy atom. The summed E-state index contributed by atoms with van der Waals surface area (Å²) in [5.41, 5.74) is 1.26. The van der Waals surface area contributed by atoms with Gasteiger partial charge in [0.15, 0.2) is 0 Å². The monoisotopic (exact) mass is 271 g/mol. The van der Waals surface area contributed by atoms with E-state index in [2.05, 4.69) is 40.3 Å². The van der Waals surface area contributed by atoms with Crippen LogP contribution in [0.5, 0.6) is 0 Å². The van der Waals surface area contributed by atoms with Gasteiger partial charge in [0.05, 0.1) is 6.10 Å². The molecule has 3 heteroatoms. The molecular formula is C12H18BrNO. The van der Waals surface area contributed by atoms with E-state index < -0.39 is 0 Å². The summed E-state index contributed by atoms with van der Waals surface area (Å²) in [6, 6.07) is 8.59. The van der Waals surface area contributed by atoms with Gasteiger partial charge in [0.25, 0.3) is 0 Å². The zero-order chi connectivity index (χ0) is 11.3. The van der Waals surface area contributed by atoms with Gasteiger partial charge in [-0.05, 0) is 31.0 Å². The Kier molecular flexibility index (Phi) is 5.29. The van der Waals surface area contributed by atoms with Gasteiger partial charge in [0, 0.05) is 17.1 Å². The van der Waals surface area contributed by atoms with Crippen LogP contribution in [0.15, 0.2) is 28.7 Å². The highest BCUT2D eigenvalue weighted by Gasteiger charge is 2.09. The minimum atomic E-state index is -0.300. The Bertz CT molecular complexity index is 301. The van der Waals surface area contributed by atoms with Crippen LogP contribution in [0, 0.1) is 0 Å². The zero-order valence-electron chi connectivity index (χ0n) is 9.20. The topological polar surface area (TPSA) is 32.3 Å². The SMILES string of the molecule is CCC(NC[C@@H](C)O)c1cccc(Br)c1. The molecule has 0 saturated carbocycles. The average molecular weight is 272 g/mol. The number of aliphatic hydroxyl groups excluding tert-OH is 1. The largest absolute Gasteiger partial charge is 0.392 e. The summed E-state index contributed by atoms with van der Waals surface area (Å²) in [4.78, 5) is 0. The lowest BCUT2D eigenvalue weighted by Crippen LogP contribution is -2.28. The Morgan fingerprint density at radius 1 is 1.47 bits per heavy atom. The van der Waals surface area contributed by atoms with Gasteiger partial charge >= 0.3 is 0 Å². The molecule has 0 saturated heterocycles. The molecule has 0 aliphatic rings. The van der Waals surface area contributed by atoms with Crippen LogP contribution in [0.3, 0.4) is 0 Å². The summed E-state index contributed by atoms with van der Waals surface area (Å²) < 4.78 is 1.09. The third-order valence-electron chi connectivity index (χ3n) is 2.32. The predicted molar refractivity (Wildman–Crippen MR) is 66.9 cm³/mol. The van der Waals surface area contributed by atoms with E-state index in [0.29, 0.717) is 12.6 Å². The van der Waals surface area contributed by atoms with Crippen LogP contribution in [0.4, 0.5) is 0 Å². The molecule has 1 aromatic rings. The van der Waals surface area contributed by atoms with E-state index in [4.69, 9.17) is 0 Å². The van der Waals surface area contributed by atoms with Gasteiger partial charge in [-0.1, -0.05) is 35.0 Å². The molecule has 84 valence electrons. The molecule has 0 radical (unpaired) electrons. The Balaban J connectivity index is 2.65. The fourth-order valence-electron chi connectivity index (χ4n) is 1.53. The lowest BCUT2D eigenvalue weighted by molar-refractivity contribution is 0.185. The molecule has 0 aliphatic heterocycles. The molecule has 1 unspecified atom stereocenters. The smallest absolute Gasteiger partial charge is 0.0636 e. The van der Waals surface area contributed by atoms with Crippen molar-refractivity contribution in [3.63, 3.8) is 0 Å². The molecule has 0 fully saturated rings. The summed E-state index contributed by atoms with van der Waals surface area (Å²) in [7, 11) is 0. The minimum absolute atomic E-state index is 0.300. The highest BCUT2D eigenvalue weighted by Crippen LogP contribution is 2.20. The molecule has 0 heterocycles. The molecule has 2 atom stereocenters. The van der Waals surface area contributed by atoms with Crippen molar-refractivity contribution in [3.8, 4) is 0 Å². The van der Waals surface area contributed by atoms with Crippen molar-refractivity contribution in [2.45, 2.75) is 32.4 Å². The number of benzene rings is 1. The van der Waals surface area contributed by atoms with Crippen LogP contribution >= 0.6 is 15.9 Å². The number of hydrogen-bond acceptors (Lipinski definition) is 2. The Hall–Kier alpha value is -0.380. The van der Waals surface area contributed by atoms with Gasteiger partial charge in [-0.3, -0.25) is 0 Å². The van der Waals surface area contributed by atoms with E-state index in [9.17, 15) is 5.11 Å².